The normalized spacial score (nSPS) is 16.6. The van der Waals surface area contributed by atoms with E-state index in [2.05, 4.69) is 31.9 Å². The van der Waals surface area contributed by atoms with Crippen LogP contribution in [0.1, 0.15) is 44.9 Å². The number of aryl methyl sites for hydroxylation is 1. The fourth-order valence-corrected chi connectivity index (χ4v) is 4.10. The van der Waals surface area contributed by atoms with Crippen LogP contribution in [0, 0.1) is 5.92 Å². The van der Waals surface area contributed by atoms with E-state index in [-0.39, 0.29) is 5.91 Å². The smallest absolute Gasteiger partial charge is 0.224 e. The van der Waals surface area contributed by atoms with Gasteiger partial charge in [-0.1, -0.05) is 47.7 Å². The Morgan fingerprint density at radius 1 is 1.27 bits per heavy atom. The second kappa shape index (κ2) is 6.86. The zero-order chi connectivity index (χ0) is 15.5. The Labute approximate surface area is 140 Å². The fourth-order valence-electron chi connectivity index (χ4n) is 3.53. The highest BCUT2D eigenvalue weighted by Crippen LogP contribution is 2.33. The Morgan fingerprint density at radius 3 is 2.73 bits per heavy atom. The summed E-state index contributed by atoms with van der Waals surface area (Å²) in [7, 11) is 2.01. The molecular weight excluding hydrogens is 340 g/mol. The minimum absolute atomic E-state index is 0.148. The van der Waals surface area contributed by atoms with Gasteiger partial charge < -0.3 is 9.88 Å². The van der Waals surface area contributed by atoms with E-state index in [0.29, 0.717) is 12.3 Å². The molecule has 0 radical (unpaired) electrons. The molecule has 0 bridgehead atoms. The van der Waals surface area contributed by atoms with Crippen LogP contribution < -0.4 is 5.32 Å². The lowest BCUT2D eigenvalue weighted by atomic mass is 9.96. The lowest BCUT2D eigenvalue weighted by molar-refractivity contribution is -0.117. The Kier molecular flexibility index (Phi) is 4.87. The average Bonchev–Trinajstić information content (AvgIpc) is 2.65. The van der Waals surface area contributed by atoms with E-state index < -0.39 is 0 Å². The SMILES string of the molecule is Cn1cc(NC(=O)CC2CCCCCC2)c2c(Br)cccc21. The third kappa shape index (κ3) is 3.37. The average molecular weight is 363 g/mol. The first-order valence-corrected chi connectivity index (χ1v) is 8.98. The predicted molar refractivity (Wildman–Crippen MR) is 95.1 cm³/mol. The molecule has 0 aliphatic heterocycles. The highest BCUT2D eigenvalue weighted by Gasteiger charge is 2.18. The number of aromatic nitrogens is 1. The molecule has 1 saturated carbocycles. The molecule has 1 fully saturated rings. The second-order valence-electron chi connectivity index (χ2n) is 6.40. The number of benzene rings is 1. The molecule has 118 valence electrons. The number of amides is 1. The van der Waals surface area contributed by atoms with Gasteiger partial charge in [-0.2, -0.15) is 0 Å². The molecule has 22 heavy (non-hydrogen) atoms. The summed E-state index contributed by atoms with van der Waals surface area (Å²) in [6.07, 6.45) is 10.3. The Hall–Kier alpha value is -1.29. The minimum atomic E-state index is 0.148. The highest BCUT2D eigenvalue weighted by atomic mass is 79.9. The van der Waals surface area contributed by atoms with E-state index in [1.165, 1.54) is 38.5 Å². The molecule has 1 amide bonds. The van der Waals surface area contributed by atoms with Gasteiger partial charge >= 0.3 is 0 Å². The quantitative estimate of drug-likeness (QED) is 0.744. The number of hydrogen-bond donors (Lipinski definition) is 1. The maximum Gasteiger partial charge on any atom is 0.224 e. The molecule has 0 unspecified atom stereocenters. The van der Waals surface area contributed by atoms with Crippen molar-refractivity contribution in [3.05, 3.63) is 28.9 Å². The van der Waals surface area contributed by atoms with E-state index in [4.69, 9.17) is 0 Å². The van der Waals surface area contributed by atoms with Crippen LogP contribution in [0.2, 0.25) is 0 Å². The topological polar surface area (TPSA) is 34.0 Å². The summed E-state index contributed by atoms with van der Waals surface area (Å²) >= 11 is 3.60. The summed E-state index contributed by atoms with van der Waals surface area (Å²) in [4.78, 5) is 12.4. The minimum Gasteiger partial charge on any atom is -0.348 e. The molecule has 1 aromatic heterocycles. The number of carbonyl (C=O) groups excluding carboxylic acids is 1. The fraction of sp³-hybridized carbons (Fsp3) is 0.500. The van der Waals surface area contributed by atoms with E-state index >= 15 is 0 Å². The molecule has 3 nitrogen and oxygen atoms in total. The number of fused-ring (bicyclic) bond motifs is 1. The summed E-state index contributed by atoms with van der Waals surface area (Å²) < 4.78 is 3.08. The molecular formula is C18H23BrN2O. The summed E-state index contributed by atoms with van der Waals surface area (Å²) in [5.41, 5.74) is 2.03. The molecule has 4 heteroatoms. The van der Waals surface area contributed by atoms with Gasteiger partial charge in [0.25, 0.3) is 0 Å². The van der Waals surface area contributed by atoms with Crippen LogP contribution in [0.3, 0.4) is 0 Å². The summed E-state index contributed by atoms with van der Waals surface area (Å²) in [5.74, 6) is 0.705. The van der Waals surface area contributed by atoms with Crippen molar-refractivity contribution >= 4 is 38.4 Å². The zero-order valence-corrected chi connectivity index (χ0v) is 14.7. The van der Waals surface area contributed by atoms with Gasteiger partial charge in [0, 0.05) is 29.5 Å². The number of anilines is 1. The Morgan fingerprint density at radius 2 is 2.00 bits per heavy atom. The summed E-state index contributed by atoms with van der Waals surface area (Å²) in [6.45, 7) is 0. The third-order valence-corrected chi connectivity index (χ3v) is 5.35. The van der Waals surface area contributed by atoms with E-state index in [0.717, 1.165) is 21.1 Å². The molecule has 1 aliphatic rings. The summed E-state index contributed by atoms with van der Waals surface area (Å²) in [5, 5.41) is 4.21. The van der Waals surface area contributed by atoms with Crippen LogP contribution >= 0.6 is 15.9 Å². The number of carbonyl (C=O) groups is 1. The van der Waals surface area contributed by atoms with Crippen LogP contribution in [0.25, 0.3) is 10.9 Å². The van der Waals surface area contributed by atoms with Crippen molar-refractivity contribution in [2.45, 2.75) is 44.9 Å². The lowest BCUT2D eigenvalue weighted by Crippen LogP contribution is -2.16. The van der Waals surface area contributed by atoms with Gasteiger partial charge in [0.1, 0.15) is 0 Å². The van der Waals surface area contributed by atoms with Crippen LogP contribution in [0.15, 0.2) is 28.9 Å². The van der Waals surface area contributed by atoms with E-state index in [9.17, 15) is 4.79 Å². The van der Waals surface area contributed by atoms with E-state index in [1.807, 2.05) is 25.4 Å². The van der Waals surface area contributed by atoms with Gasteiger partial charge in [-0.25, -0.2) is 0 Å². The molecule has 1 aliphatic carbocycles. The van der Waals surface area contributed by atoms with Crippen molar-refractivity contribution in [1.29, 1.82) is 0 Å². The van der Waals surface area contributed by atoms with Crippen molar-refractivity contribution in [1.82, 2.24) is 4.57 Å². The lowest BCUT2D eigenvalue weighted by Gasteiger charge is -2.13. The third-order valence-electron chi connectivity index (χ3n) is 4.69. The van der Waals surface area contributed by atoms with E-state index in [1.54, 1.807) is 0 Å². The maximum atomic E-state index is 12.4. The van der Waals surface area contributed by atoms with Crippen molar-refractivity contribution in [2.75, 3.05) is 5.32 Å². The monoisotopic (exact) mass is 362 g/mol. The number of halogens is 1. The first-order valence-electron chi connectivity index (χ1n) is 8.18. The standard InChI is InChI=1S/C18H23BrN2O/c1-21-12-15(18-14(19)9-6-10-16(18)21)20-17(22)11-13-7-4-2-3-5-8-13/h6,9-10,12-13H,2-5,7-8,11H2,1H3,(H,20,22). The molecule has 1 N–H and O–H groups in total. The maximum absolute atomic E-state index is 12.4. The first kappa shape index (κ1) is 15.6. The van der Waals surface area contributed by atoms with Crippen LogP contribution in [-0.2, 0) is 11.8 Å². The number of hydrogen-bond acceptors (Lipinski definition) is 1. The molecule has 0 saturated heterocycles. The zero-order valence-electron chi connectivity index (χ0n) is 13.1. The Balaban J connectivity index is 1.74. The number of nitrogens with one attached hydrogen (secondary N) is 1. The number of nitrogens with zero attached hydrogens (tertiary/aromatic N) is 1. The predicted octanol–water partition coefficient (Wildman–Crippen LogP) is 5.24. The van der Waals surface area contributed by atoms with Crippen molar-refractivity contribution < 1.29 is 4.79 Å². The van der Waals surface area contributed by atoms with Crippen LogP contribution in [0.4, 0.5) is 5.69 Å². The van der Waals surface area contributed by atoms with Gasteiger partial charge in [-0.3, -0.25) is 4.79 Å². The van der Waals surface area contributed by atoms with Crippen LogP contribution in [-0.4, -0.2) is 10.5 Å². The largest absolute Gasteiger partial charge is 0.348 e. The van der Waals surface area contributed by atoms with Gasteiger partial charge in [0.15, 0.2) is 0 Å². The second-order valence-corrected chi connectivity index (χ2v) is 7.25. The molecule has 2 aromatic rings. The highest BCUT2D eigenvalue weighted by molar-refractivity contribution is 9.10. The van der Waals surface area contributed by atoms with Gasteiger partial charge in [-0.05, 0) is 30.9 Å². The van der Waals surface area contributed by atoms with Gasteiger partial charge in [0.2, 0.25) is 5.91 Å². The molecule has 3 rings (SSSR count). The molecule has 0 atom stereocenters. The number of rotatable bonds is 3. The first-order chi connectivity index (χ1) is 10.6. The van der Waals surface area contributed by atoms with Crippen LogP contribution in [0.5, 0.6) is 0 Å². The van der Waals surface area contributed by atoms with Crippen molar-refractivity contribution in [3.8, 4) is 0 Å². The van der Waals surface area contributed by atoms with Gasteiger partial charge in [-0.15, -0.1) is 0 Å². The van der Waals surface area contributed by atoms with Crippen molar-refractivity contribution in [2.24, 2.45) is 13.0 Å². The summed E-state index contributed by atoms with van der Waals surface area (Å²) in [6, 6.07) is 6.11. The molecule has 0 spiro atoms. The Bertz CT molecular complexity index is 669. The molecule has 1 heterocycles. The van der Waals surface area contributed by atoms with Gasteiger partial charge in [0.05, 0.1) is 11.2 Å². The molecule has 1 aromatic carbocycles. The van der Waals surface area contributed by atoms with Crippen molar-refractivity contribution in [3.63, 3.8) is 0 Å².